The molecule has 0 fully saturated rings. The van der Waals surface area contributed by atoms with Gasteiger partial charge in [0.15, 0.2) is 0 Å². The molecule has 3 rings (SSSR count). The van der Waals surface area contributed by atoms with Gasteiger partial charge in [-0.3, -0.25) is 0 Å². The fourth-order valence-electron chi connectivity index (χ4n) is 2.22. The molecule has 5 heteroatoms. The van der Waals surface area contributed by atoms with E-state index in [2.05, 4.69) is 15.9 Å². The summed E-state index contributed by atoms with van der Waals surface area (Å²) in [6.45, 7) is 0. The van der Waals surface area contributed by atoms with E-state index in [4.69, 9.17) is 14.9 Å². The summed E-state index contributed by atoms with van der Waals surface area (Å²) in [5.41, 5.74) is 7.18. The van der Waals surface area contributed by atoms with E-state index in [1.54, 1.807) is 25.3 Å². The van der Waals surface area contributed by atoms with Crippen molar-refractivity contribution in [2.24, 2.45) is 5.73 Å². The van der Waals surface area contributed by atoms with E-state index >= 15 is 0 Å². The van der Waals surface area contributed by atoms with Crippen LogP contribution < -0.4 is 10.5 Å². The van der Waals surface area contributed by atoms with Gasteiger partial charge in [-0.25, -0.2) is 4.39 Å². The standard InChI is InChI=1S/C16H13BrFNO2/c1-20-11-4-2-9-6-15(21-14(9)8-11)16(19)12-7-10(17)3-5-13(12)18/h2-8,16H,19H2,1H3. The van der Waals surface area contributed by atoms with Gasteiger partial charge < -0.3 is 14.9 Å². The Labute approximate surface area is 129 Å². The quantitative estimate of drug-likeness (QED) is 0.762. The molecule has 0 saturated carbocycles. The van der Waals surface area contributed by atoms with Crippen LogP contribution in [-0.2, 0) is 0 Å². The van der Waals surface area contributed by atoms with Gasteiger partial charge in [-0.2, -0.15) is 0 Å². The third kappa shape index (κ3) is 2.66. The van der Waals surface area contributed by atoms with Crippen molar-refractivity contribution in [2.75, 3.05) is 7.11 Å². The number of methoxy groups -OCH3 is 1. The fourth-order valence-corrected chi connectivity index (χ4v) is 2.60. The van der Waals surface area contributed by atoms with Gasteiger partial charge in [-0.1, -0.05) is 15.9 Å². The summed E-state index contributed by atoms with van der Waals surface area (Å²) in [4.78, 5) is 0. The second-order valence-corrected chi connectivity index (χ2v) is 5.61. The van der Waals surface area contributed by atoms with E-state index in [0.717, 1.165) is 9.86 Å². The average molecular weight is 350 g/mol. The molecule has 2 aromatic carbocycles. The maximum atomic E-state index is 13.9. The first-order chi connectivity index (χ1) is 10.1. The molecule has 0 aliphatic heterocycles. The molecule has 0 amide bonds. The molecule has 21 heavy (non-hydrogen) atoms. The van der Waals surface area contributed by atoms with Gasteiger partial charge in [0.2, 0.25) is 0 Å². The van der Waals surface area contributed by atoms with Crippen molar-refractivity contribution in [3.63, 3.8) is 0 Å². The molecule has 1 unspecified atom stereocenters. The molecule has 3 nitrogen and oxygen atoms in total. The zero-order valence-corrected chi connectivity index (χ0v) is 12.9. The third-order valence-corrected chi connectivity index (χ3v) is 3.84. The molecule has 0 spiro atoms. The van der Waals surface area contributed by atoms with Crippen LogP contribution >= 0.6 is 15.9 Å². The molecule has 108 valence electrons. The number of furan rings is 1. The van der Waals surface area contributed by atoms with Gasteiger partial charge in [0.25, 0.3) is 0 Å². The van der Waals surface area contributed by atoms with Crippen LogP contribution in [0.1, 0.15) is 17.4 Å². The predicted octanol–water partition coefficient (Wildman–Crippen LogP) is 4.39. The smallest absolute Gasteiger partial charge is 0.138 e. The highest BCUT2D eigenvalue weighted by Crippen LogP contribution is 2.31. The van der Waals surface area contributed by atoms with Crippen LogP contribution in [-0.4, -0.2) is 7.11 Å². The van der Waals surface area contributed by atoms with Crippen molar-refractivity contribution in [1.82, 2.24) is 0 Å². The minimum Gasteiger partial charge on any atom is -0.497 e. The van der Waals surface area contributed by atoms with E-state index in [1.165, 1.54) is 6.07 Å². The Balaban J connectivity index is 2.04. The second-order valence-electron chi connectivity index (χ2n) is 4.70. The minimum atomic E-state index is -0.666. The highest BCUT2D eigenvalue weighted by molar-refractivity contribution is 9.10. The second kappa shape index (κ2) is 5.50. The first-order valence-electron chi connectivity index (χ1n) is 6.36. The number of rotatable bonds is 3. The summed E-state index contributed by atoms with van der Waals surface area (Å²) in [6, 6.07) is 11.3. The molecule has 0 saturated heterocycles. The molecule has 1 heterocycles. The Bertz CT molecular complexity index is 800. The van der Waals surface area contributed by atoms with Crippen molar-refractivity contribution < 1.29 is 13.5 Å². The first kappa shape index (κ1) is 14.1. The summed E-state index contributed by atoms with van der Waals surface area (Å²) in [5.74, 6) is 0.851. The molecule has 1 aromatic heterocycles. The lowest BCUT2D eigenvalue weighted by Gasteiger charge is -2.10. The van der Waals surface area contributed by atoms with Crippen LogP contribution in [0, 0.1) is 5.82 Å². The molecule has 1 atom stereocenters. The normalized spacial score (nSPS) is 12.6. The van der Waals surface area contributed by atoms with Gasteiger partial charge in [0, 0.05) is 21.5 Å². The van der Waals surface area contributed by atoms with Crippen LogP contribution in [0.25, 0.3) is 11.0 Å². The van der Waals surface area contributed by atoms with Crippen molar-refractivity contribution >= 4 is 26.9 Å². The summed E-state index contributed by atoms with van der Waals surface area (Å²) < 4.78 is 25.6. The van der Waals surface area contributed by atoms with Gasteiger partial charge in [-0.15, -0.1) is 0 Å². The SMILES string of the molecule is COc1ccc2cc(C(N)c3cc(Br)ccc3F)oc2c1. The van der Waals surface area contributed by atoms with E-state index < -0.39 is 6.04 Å². The van der Waals surface area contributed by atoms with Crippen LogP contribution in [0.15, 0.2) is 51.4 Å². The average Bonchev–Trinajstić information content (AvgIpc) is 2.91. The Morgan fingerprint density at radius 2 is 2.00 bits per heavy atom. The molecular weight excluding hydrogens is 337 g/mol. The highest BCUT2D eigenvalue weighted by atomic mass is 79.9. The van der Waals surface area contributed by atoms with Crippen LogP contribution in [0.2, 0.25) is 0 Å². The number of halogens is 2. The zero-order valence-electron chi connectivity index (χ0n) is 11.3. The molecule has 2 N–H and O–H groups in total. The lowest BCUT2D eigenvalue weighted by Crippen LogP contribution is -2.12. The Kier molecular flexibility index (Phi) is 3.69. The summed E-state index contributed by atoms with van der Waals surface area (Å²) in [7, 11) is 1.59. The molecule has 0 radical (unpaired) electrons. The number of nitrogens with two attached hydrogens (primary N) is 1. The summed E-state index contributed by atoms with van der Waals surface area (Å²) in [6.07, 6.45) is 0. The number of fused-ring (bicyclic) bond motifs is 1. The van der Waals surface area contributed by atoms with Gasteiger partial charge >= 0.3 is 0 Å². The Morgan fingerprint density at radius 3 is 2.76 bits per heavy atom. The van der Waals surface area contributed by atoms with Gasteiger partial charge in [0.1, 0.15) is 22.9 Å². The Hall–Kier alpha value is -1.85. The fraction of sp³-hybridized carbons (Fsp3) is 0.125. The number of hydrogen-bond acceptors (Lipinski definition) is 3. The zero-order chi connectivity index (χ0) is 15.0. The topological polar surface area (TPSA) is 48.4 Å². The molecule has 0 bridgehead atoms. The van der Waals surface area contributed by atoms with Crippen molar-refractivity contribution in [2.45, 2.75) is 6.04 Å². The highest BCUT2D eigenvalue weighted by Gasteiger charge is 2.18. The van der Waals surface area contributed by atoms with E-state index in [-0.39, 0.29) is 5.82 Å². The lowest BCUT2D eigenvalue weighted by atomic mass is 10.0. The molecular formula is C16H13BrFNO2. The maximum absolute atomic E-state index is 13.9. The molecule has 3 aromatic rings. The Morgan fingerprint density at radius 1 is 1.19 bits per heavy atom. The van der Waals surface area contributed by atoms with Crippen molar-refractivity contribution in [3.8, 4) is 5.75 Å². The minimum absolute atomic E-state index is 0.358. The molecule has 0 aliphatic rings. The predicted molar refractivity (Wildman–Crippen MR) is 82.9 cm³/mol. The lowest BCUT2D eigenvalue weighted by molar-refractivity contribution is 0.414. The van der Waals surface area contributed by atoms with Crippen LogP contribution in [0.3, 0.4) is 0 Å². The largest absolute Gasteiger partial charge is 0.497 e. The van der Waals surface area contributed by atoms with E-state index in [0.29, 0.717) is 22.7 Å². The van der Waals surface area contributed by atoms with Crippen LogP contribution in [0.5, 0.6) is 5.75 Å². The monoisotopic (exact) mass is 349 g/mol. The first-order valence-corrected chi connectivity index (χ1v) is 7.16. The van der Waals surface area contributed by atoms with Crippen molar-refractivity contribution in [1.29, 1.82) is 0 Å². The van der Waals surface area contributed by atoms with Gasteiger partial charge in [-0.05, 0) is 36.4 Å². The maximum Gasteiger partial charge on any atom is 0.138 e. The van der Waals surface area contributed by atoms with E-state index in [1.807, 2.05) is 18.2 Å². The number of hydrogen-bond donors (Lipinski definition) is 1. The summed E-state index contributed by atoms with van der Waals surface area (Å²) >= 11 is 3.32. The number of benzene rings is 2. The van der Waals surface area contributed by atoms with Gasteiger partial charge in [0.05, 0.1) is 13.2 Å². The van der Waals surface area contributed by atoms with Crippen LogP contribution in [0.4, 0.5) is 4.39 Å². The molecule has 0 aliphatic carbocycles. The summed E-state index contributed by atoms with van der Waals surface area (Å²) in [5, 5.41) is 0.900. The van der Waals surface area contributed by atoms with E-state index in [9.17, 15) is 4.39 Å². The van der Waals surface area contributed by atoms with Crippen molar-refractivity contribution in [3.05, 3.63) is 64.1 Å². The third-order valence-electron chi connectivity index (χ3n) is 3.35. The number of ether oxygens (including phenoxy) is 1.